The molecular formula is C7H6ClNO2. The van der Waals surface area contributed by atoms with Crippen molar-refractivity contribution in [3.05, 3.63) is 23.0 Å². The number of nitrogens with zero attached hydrogens (tertiary/aromatic N) is 1. The van der Waals surface area contributed by atoms with Gasteiger partial charge in [-0.05, 0) is 0 Å². The second kappa shape index (κ2) is 3.34. The van der Waals surface area contributed by atoms with E-state index >= 15 is 0 Å². The Bertz CT molecular complexity index is 275. The Morgan fingerprint density at radius 2 is 2.45 bits per heavy atom. The van der Waals surface area contributed by atoms with Crippen molar-refractivity contribution in [2.75, 3.05) is 7.11 Å². The molecule has 0 saturated heterocycles. The first-order valence-electron chi connectivity index (χ1n) is 2.93. The quantitative estimate of drug-likeness (QED) is 0.634. The molecule has 4 heteroatoms. The summed E-state index contributed by atoms with van der Waals surface area (Å²) in [6.07, 6.45) is 2.05. The maximum Gasteiger partial charge on any atom is 0.170 e. The molecule has 0 aromatic carbocycles. The van der Waals surface area contributed by atoms with Crippen molar-refractivity contribution in [3.8, 4) is 5.75 Å². The Kier molecular flexibility index (Phi) is 2.44. The third kappa shape index (κ3) is 1.49. The van der Waals surface area contributed by atoms with Gasteiger partial charge >= 0.3 is 0 Å². The highest BCUT2D eigenvalue weighted by Gasteiger charge is 2.05. The van der Waals surface area contributed by atoms with Gasteiger partial charge in [0.1, 0.15) is 16.5 Å². The fourth-order valence-corrected chi connectivity index (χ4v) is 0.915. The van der Waals surface area contributed by atoms with Crippen LogP contribution in [0.3, 0.4) is 0 Å². The largest absolute Gasteiger partial charge is 0.495 e. The SMILES string of the molecule is COc1ccnc(C=O)c1Cl. The van der Waals surface area contributed by atoms with E-state index in [9.17, 15) is 4.79 Å². The van der Waals surface area contributed by atoms with Gasteiger partial charge in [0.2, 0.25) is 0 Å². The first-order chi connectivity index (χ1) is 5.29. The predicted octanol–water partition coefficient (Wildman–Crippen LogP) is 1.56. The molecule has 0 aliphatic heterocycles. The molecule has 0 spiro atoms. The summed E-state index contributed by atoms with van der Waals surface area (Å²) >= 11 is 5.69. The molecule has 0 aliphatic carbocycles. The summed E-state index contributed by atoms with van der Waals surface area (Å²) in [7, 11) is 1.48. The first-order valence-corrected chi connectivity index (χ1v) is 3.31. The Morgan fingerprint density at radius 3 is 3.00 bits per heavy atom. The molecule has 0 atom stereocenters. The van der Waals surface area contributed by atoms with E-state index in [1.165, 1.54) is 13.3 Å². The minimum atomic E-state index is 0.200. The zero-order valence-corrected chi connectivity index (χ0v) is 6.63. The number of rotatable bonds is 2. The van der Waals surface area contributed by atoms with Crippen LogP contribution in [0.4, 0.5) is 0 Å². The number of halogens is 1. The maximum absolute atomic E-state index is 10.3. The van der Waals surface area contributed by atoms with E-state index in [-0.39, 0.29) is 10.7 Å². The molecule has 1 rings (SSSR count). The highest BCUT2D eigenvalue weighted by atomic mass is 35.5. The average molecular weight is 172 g/mol. The zero-order chi connectivity index (χ0) is 8.27. The number of aromatic nitrogens is 1. The van der Waals surface area contributed by atoms with Crippen LogP contribution in [0.2, 0.25) is 5.02 Å². The first kappa shape index (κ1) is 8.01. The molecule has 3 nitrogen and oxygen atoms in total. The normalized spacial score (nSPS) is 9.27. The molecule has 0 amide bonds. The van der Waals surface area contributed by atoms with E-state index in [0.29, 0.717) is 12.0 Å². The van der Waals surface area contributed by atoms with Crippen LogP contribution in [0.1, 0.15) is 10.5 Å². The lowest BCUT2D eigenvalue weighted by molar-refractivity contribution is 0.111. The van der Waals surface area contributed by atoms with Crippen molar-refractivity contribution >= 4 is 17.9 Å². The third-order valence-corrected chi connectivity index (χ3v) is 1.59. The van der Waals surface area contributed by atoms with E-state index in [1.807, 2.05) is 0 Å². The highest BCUT2D eigenvalue weighted by Crippen LogP contribution is 2.24. The van der Waals surface area contributed by atoms with Crippen LogP contribution in [0, 0.1) is 0 Å². The molecule has 0 radical (unpaired) electrons. The number of hydrogen-bond acceptors (Lipinski definition) is 3. The number of methoxy groups -OCH3 is 1. The van der Waals surface area contributed by atoms with Crippen LogP contribution in [-0.4, -0.2) is 18.4 Å². The monoisotopic (exact) mass is 171 g/mol. The van der Waals surface area contributed by atoms with Crippen molar-refractivity contribution in [3.63, 3.8) is 0 Å². The predicted molar refractivity (Wildman–Crippen MR) is 41.2 cm³/mol. The number of carbonyl (C=O) groups excluding carboxylic acids is 1. The molecule has 0 N–H and O–H groups in total. The van der Waals surface area contributed by atoms with Crippen molar-refractivity contribution in [2.45, 2.75) is 0 Å². The minimum absolute atomic E-state index is 0.200. The lowest BCUT2D eigenvalue weighted by Gasteiger charge is -2.01. The Labute approximate surface area is 69.0 Å². The summed E-state index contributed by atoms with van der Waals surface area (Å²) < 4.78 is 4.86. The van der Waals surface area contributed by atoms with Crippen LogP contribution in [0.25, 0.3) is 0 Å². The summed E-state index contributed by atoms with van der Waals surface area (Å²) in [6, 6.07) is 1.59. The van der Waals surface area contributed by atoms with Crippen molar-refractivity contribution < 1.29 is 9.53 Å². The van der Waals surface area contributed by atoms with Crippen molar-refractivity contribution in [1.82, 2.24) is 4.98 Å². The molecule has 0 unspecified atom stereocenters. The van der Waals surface area contributed by atoms with Gasteiger partial charge < -0.3 is 4.74 Å². The highest BCUT2D eigenvalue weighted by molar-refractivity contribution is 6.34. The van der Waals surface area contributed by atoms with E-state index in [0.717, 1.165) is 0 Å². The van der Waals surface area contributed by atoms with Crippen LogP contribution in [0.5, 0.6) is 5.75 Å². The van der Waals surface area contributed by atoms with Crippen LogP contribution >= 0.6 is 11.6 Å². The fraction of sp³-hybridized carbons (Fsp3) is 0.143. The molecule has 0 aliphatic rings. The number of ether oxygens (including phenoxy) is 1. The van der Waals surface area contributed by atoms with Gasteiger partial charge in [-0.3, -0.25) is 9.78 Å². The van der Waals surface area contributed by atoms with Gasteiger partial charge in [0, 0.05) is 12.3 Å². The smallest absolute Gasteiger partial charge is 0.170 e. The Balaban J connectivity index is 3.20. The maximum atomic E-state index is 10.3. The van der Waals surface area contributed by atoms with E-state index < -0.39 is 0 Å². The van der Waals surface area contributed by atoms with Crippen LogP contribution < -0.4 is 4.74 Å². The molecule has 11 heavy (non-hydrogen) atoms. The van der Waals surface area contributed by atoms with Crippen LogP contribution in [0.15, 0.2) is 12.3 Å². The fourth-order valence-electron chi connectivity index (χ4n) is 0.681. The van der Waals surface area contributed by atoms with Gasteiger partial charge in [0.25, 0.3) is 0 Å². The second-order valence-corrected chi connectivity index (χ2v) is 2.21. The molecular weight excluding hydrogens is 166 g/mol. The Hall–Kier alpha value is -1.09. The van der Waals surface area contributed by atoms with E-state index in [4.69, 9.17) is 16.3 Å². The summed E-state index contributed by atoms with van der Waals surface area (Å²) in [5, 5.41) is 0.255. The topological polar surface area (TPSA) is 39.2 Å². The second-order valence-electron chi connectivity index (χ2n) is 1.83. The lowest BCUT2D eigenvalue weighted by Crippen LogP contribution is -1.91. The van der Waals surface area contributed by atoms with Gasteiger partial charge in [0.05, 0.1) is 7.11 Å². The van der Waals surface area contributed by atoms with Crippen molar-refractivity contribution in [2.24, 2.45) is 0 Å². The molecule has 1 heterocycles. The van der Waals surface area contributed by atoms with E-state index in [1.54, 1.807) is 6.07 Å². The minimum Gasteiger partial charge on any atom is -0.495 e. The van der Waals surface area contributed by atoms with Crippen molar-refractivity contribution in [1.29, 1.82) is 0 Å². The number of aldehydes is 1. The standard InChI is InChI=1S/C7H6ClNO2/c1-11-6-2-3-9-5(4-10)7(6)8/h2-4H,1H3. The zero-order valence-electron chi connectivity index (χ0n) is 5.87. The summed E-state index contributed by atoms with van der Waals surface area (Å²) in [4.78, 5) is 14.0. The summed E-state index contributed by atoms with van der Waals surface area (Å²) in [6.45, 7) is 0. The average Bonchev–Trinajstić information content (AvgIpc) is 2.05. The summed E-state index contributed by atoms with van der Waals surface area (Å²) in [5.41, 5.74) is 0.200. The Morgan fingerprint density at radius 1 is 1.73 bits per heavy atom. The van der Waals surface area contributed by atoms with Gasteiger partial charge in [-0.2, -0.15) is 0 Å². The third-order valence-electron chi connectivity index (χ3n) is 1.21. The van der Waals surface area contributed by atoms with Gasteiger partial charge in [-0.15, -0.1) is 0 Å². The molecule has 1 aromatic rings. The van der Waals surface area contributed by atoms with Gasteiger partial charge in [-0.1, -0.05) is 11.6 Å². The lowest BCUT2D eigenvalue weighted by atomic mass is 10.3. The van der Waals surface area contributed by atoms with E-state index in [2.05, 4.69) is 4.98 Å². The molecule has 0 saturated carbocycles. The molecule has 0 bridgehead atoms. The molecule has 58 valence electrons. The number of pyridine rings is 1. The summed E-state index contributed by atoms with van der Waals surface area (Å²) in [5.74, 6) is 0.462. The molecule has 1 aromatic heterocycles. The number of hydrogen-bond donors (Lipinski definition) is 0. The van der Waals surface area contributed by atoms with Crippen LogP contribution in [-0.2, 0) is 0 Å². The van der Waals surface area contributed by atoms with Gasteiger partial charge in [-0.25, -0.2) is 0 Å². The number of carbonyl (C=O) groups is 1. The van der Waals surface area contributed by atoms with Gasteiger partial charge in [0.15, 0.2) is 6.29 Å². The molecule has 0 fully saturated rings.